The molecule has 5 amide bonds. The van der Waals surface area contributed by atoms with Crippen LogP contribution in [0.4, 0.5) is 10.5 Å². The van der Waals surface area contributed by atoms with Crippen molar-refractivity contribution in [1.29, 1.82) is 0 Å². The number of amides is 5. The number of carbonyl (C=O) groups is 4. The fraction of sp³-hybridized carbons (Fsp3) is 0.333. The van der Waals surface area contributed by atoms with E-state index >= 15 is 0 Å². The van der Waals surface area contributed by atoms with Crippen LogP contribution >= 0.6 is 15.9 Å². The van der Waals surface area contributed by atoms with E-state index in [2.05, 4.69) is 26.6 Å². The third-order valence-corrected chi connectivity index (χ3v) is 6.87. The number of benzene rings is 2. The highest BCUT2D eigenvalue weighted by Gasteiger charge is 2.40. The van der Waals surface area contributed by atoms with Gasteiger partial charge in [-0.1, -0.05) is 46.5 Å². The van der Waals surface area contributed by atoms with Crippen LogP contribution in [0.25, 0.3) is 6.08 Å². The van der Waals surface area contributed by atoms with Crippen molar-refractivity contribution in [1.82, 2.24) is 10.2 Å². The number of anilines is 1. The average molecular weight is 570 g/mol. The molecule has 1 saturated carbocycles. The molecule has 0 spiro atoms. The second-order valence-electron chi connectivity index (χ2n) is 8.89. The molecule has 0 unspecified atom stereocenters. The molecular formula is C27H28BrN3O6. The first-order valence-corrected chi connectivity index (χ1v) is 12.9. The lowest BCUT2D eigenvalue weighted by atomic mass is 10.0. The van der Waals surface area contributed by atoms with Crippen molar-refractivity contribution in [2.24, 2.45) is 0 Å². The molecule has 1 heterocycles. The van der Waals surface area contributed by atoms with Crippen LogP contribution in [-0.2, 0) is 14.4 Å². The molecule has 2 aromatic rings. The van der Waals surface area contributed by atoms with Crippen LogP contribution < -0.4 is 20.1 Å². The summed E-state index contributed by atoms with van der Waals surface area (Å²) in [6.45, 7) is 3.84. The minimum atomic E-state index is -0.748. The third-order valence-electron chi connectivity index (χ3n) is 6.18. The number of halogens is 1. The number of ether oxygens (including phenoxy) is 2. The number of aryl methyl sites for hydroxylation is 1. The van der Waals surface area contributed by atoms with Crippen LogP contribution in [0.3, 0.4) is 0 Å². The van der Waals surface area contributed by atoms with Crippen molar-refractivity contribution < 1.29 is 28.7 Å². The topological polar surface area (TPSA) is 114 Å². The van der Waals surface area contributed by atoms with Gasteiger partial charge in [0.1, 0.15) is 5.57 Å². The molecule has 2 aliphatic rings. The number of carbonyl (C=O) groups excluding carboxylic acids is 4. The predicted molar refractivity (Wildman–Crippen MR) is 141 cm³/mol. The van der Waals surface area contributed by atoms with Crippen LogP contribution in [-0.4, -0.2) is 47.9 Å². The summed E-state index contributed by atoms with van der Waals surface area (Å²) in [6, 6.07) is 9.74. The second-order valence-corrected chi connectivity index (χ2v) is 9.74. The molecule has 2 N–H and O–H groups in total. The summed E-state index contributed by atoms with van der Waals surface area (Å²) >= 11 is 3.46. The molecule has 1 saturated heterocycles. The summed E-state index contributed by atoms with van der Waals surface area (Å²) in [5.74, 6) is -1.04. The summed E-state index contributed by atoms with van der Waals surface area (Å²) < 4.78 is 11.9. The summed E-state index contributed by atoms with van der Waals surface area (Å²) in [4.78, 5) is 51.6. The lowest BCUT2D eigenvalue weighted by Crippen LogP contribution is -2.57. The van der Waals surface area contributed by atoms with Crippen molar-refractivity contribution in [2.45, 2.75) is 45.6 Å². The second kappa shape index (κ2) is 11.6. The summed E-state index contributed by atoms with van der Waals surface area (Å²) in [7, 11) is 0. The maximum Gasteiger partial charge on any atom is 0.331 e. The van der Waals surface area contributed by atoms with Crippen molar-refractivity contribution in [3.63, 3.8) is 0 Å². The zero-order chi connectivity index (χ0) is 26.5. The Bertz CT molecular complexity index is 1250. The normalized spacial score (nSPS) is 17.2. The van der Waals surface area contributed by atoms with Crippen molar-refractivity contribution in [3.05, 3.63) is 57.6 Å². The van der Waals surface area contributed by atoms with Crippen LogP contribution in [0.1, 0.15) is 43.7 Å². The Labute approximate surface area is 223 Å². The highest BCUT2D eigenvalue weighted by atomic mass is 79.9. The highest BCUT2D eigenvalue weighted by molar-refractivity contribution is 9.10. The van der Waals surface area contributed by atoms with E-state index in [0.29, 0.717) is 33.8 Å². The maximum atomic E-state index is 13.1. The fourth-order valence-corrected chi connectivity index (χ4v) is 4.78. The van der Waals surface area contributed by atoms with E-state index in [1.165, 1.54) is 6.08 Å². The molecule has 2 fully saturated rings. The van der Waals surface area contributed by atoms with Gasteiger partial charge in [0.05, 0.1) is 6.61 Å². The molecule has 0 aromatic heterocycles. The van der Waals surface area contributed by atoms with Gasteiger partial charge in [-0.2, -0.15) is 0 Å². The van der Waals surface area contributed by atoms with Crippen molar-refractivity contribution in [2.75, 3.05) is 18.5 Å². The van der Waals surface area contributed by atoms with E-state index in [1.54, 1.807) is 19.1 Å². The lowest BCUT2D eigenvalue weighted by Gasteiger charge is -2.31. The van der Waals surface area contributed by atoms with E-state index in [-0.39, 0.29) is 24.1 Å². The van der Waals surface area contributed by atoms with Gasteiger partial charge in [-0.05, 0) is 62.6 Å². The van der Waals surface area contributed by atoms with Crippen molar-refractivity contribution in [3.8, 4) is 11.5 Å². The van der Waals surface area contributed by atoms with Gasteiger partial charge in [0.25, 0.3) is 17.7 Å². The Kier molecular flexibility index (Phi) is 8.27. The molecule has 0 bridgehead atoms. The van der Waals surface area contributed by atoms with Gasteiger partial charge in [-0.15, -0.1) is 0 Å². The quantitative estimate of drug-likeness (QED) is 0.355. The van der Waals surface area contributed by atoms with Gasteiger partial charge in [0, 0.05) is 16.2 Å². The smallest absolute Gasteiger partial charge is 0.331 e. The molecule has 37 heavy (non-hydrogen) atoms. The van der Waals surface area contributed by atoms with Gasteiger partial charge >= 0.3 is 6.03 Å². The highest BCUT2D eigenvalue weighted by Crippen LogP contribution is 2.36. The van der Waals surface area contributed by atoms with Crippen LogP contribution in [0, 0.1) is 6.92 Å². The van der Waals surface area contributed by atoms with E-state index < -0.39 is 17.8 Å². The van der Waals surface area contributed by atoms with Crippen LogP contribution in [0.5, 0.6) is 11.5 Å². The number of urea groups is 1. The van der Waals surface area contributed by atoms with E-state index in [9.17, 15) is 19.2 Å². The number of imide groups is 2. The lowest BCUT2D eigenvalue weighted by molar-refractivity contribution is -0.131. The summed E-state index contributed by atoms with van der Waals surface area (Å²) in [5.41, 5.74) is 2.09. The Hall–Kier alpha value is -3.66. The van der Waals surface area contributed by atoms with Gasteiger partial charge in [0.2, 0.25) is 0 Å². The standard InChI is InChI=1S/C27H28BrN3O6/c1-3-36-22-13-17(12-20-25(33)30-27(35)31(26(20)34)19-6-4-5-7-19)21(28)14-23(22)37-15-24(32)29-18-10-8-16(2)9-11-18/h8-14,19H,3-7,15H2,1-2H3,(H,29,32)(H,30,33,35)/b20-12+. The molecule has 0 atom stereocenters. The number of hydrogen-bond acceptors (Lipinski definition) is 6. The molecule has 0 radical (unpaired) electrons. The minimum absolute atomic E-state index is 0.138. The first-order chi connectivity index (χ1) is 17.8. The minimum Gasteiger partial charge on any atom is -0.490 e. The van der Waals surface area contributed by atoms with Gasteiger partial charge in [-0.3, -0.25) is 24.6 Å². The first-order valence-electron chi connectivity index (χ1n) is 12.1. The van der Waals surface area contributed by atoms with Gasteiger partial charge < -0.3 is 14.8 Å². The summed E-state index contributed by atoms with van der Waals surface area (Å²) in [5, 5.41) is 5.05. The maximum absolute atomic E-state index is 13.1. The molecule has 1 aliphatic carbocycles. The van der Waals surface area contributed by atoms with E-state index in [0.717, 1.165) is 36.1 Å². The fourth-order valence-electron chi connectivity index (χ4n) is 4.34. The molecule has 194 valence electrons. The zero-order valence-electron chi connectivity index (χ0n) is 20.6. The Morgan fingerprint density at radius 2 is 1.78 bits per heavy atom. The van der Waals surface area contributed by atoms with Gasteiger partial charge in [0.15, 0.2) is 18.1 Å². The molecule has 10 heteroatoms. The van der Waals surface area contributed by atoms with Crippen LogP contribution in [0.2, 0.25) is 0 Å². The average Bonchev–Trinajstić information content (AvgIpc) is 3.38. The number of hydrogen-bond donors (Lipinski definition) is 2. The molecule has 1 aliphatic heterocycles. The molecule has 4 rings (SSSR count). The first kappa shape index (κ1) is 26.4. The number of barbiturate groups is 1. The number of nitrogens with zero attached hydrogens (tertiary/aromatic N) is 1. The molecule has 2 aromatic carbocycles. The Morgan fingerprint density at radius 3 is 2.46 bits per heavy atom. The van der Waals surface area contributed by atoms with E-state index in [4.69, 9.17) is 9.47 Å². The number of nitrogens with one attached hydrogen (secondary N) is 2. The van der Waals surface area contributed by atoms with Gasteiger partial charge in [-0.25, -0.2) is 4.79 Å². The van der Waals surface area contributed by atoms with Crippen LogP contribution in [0.15, 0.2) is 46.4 Å². The Morgan fingerprint density at radius 1 is 1.11 bits per heavy atom. The van der Waals surface area contributed by atoms with E-state index in [1.807, 2.05) is 31.2 Å². The third kappa shape index (κ3) is 6.19. The monoisotopic (exact) mass is 569 g/mol. The Balaban J connectivity index is 1.54. The SMILES string of the molecule is CCOc1cc(/C=C2\C(=O)NC(=O)N(C3CCCC3)C2=O)c(Br)cc1OCC(=O)Nc1ccc(C)cc1. The largest absolute Gasteiger partial charge is 0.490 e. The molecule has 9 nitrogen and oxygen atoms in total. The zero-order valence-corrected chi connectivity index (χ0v) is 22.2. The molecular weight excluding hydrogens is 542 g/mol. The summed E-state index contributed by atoms with van der Waals surface area (Å²) in [6.07, 6.45) is 4.74. The van der Waals surface area contributed by atoms with Crippen molar-refractivity contribution >= 4 is 51.4 Å². The predicted octanol–water partition coefficient (Wildman–Crippen LogP) is 4.58. The number of rotatable bonds is 8.